The topological polar surface area (TPSA) is 53.1 Å². The molecule has 1 atom stereocenters. The normalized spacial score (nSPS) is 15.4. The van der Waals surface area contributed by atoms with Crippen molar-refractivity contribution in [2.45, 2.75) is 40.5 Å². The van der Waals surface area contributed by atoms with Gasteiger partial charge in [-0.2, -0.15) is 0 Å². The van der Waals surface area contributed by atoms with Gasteiger partial charge in [0.1, 0.15) is 5.75 Å². The number of para-hydroxylation sites is 1. The number of rotatable bonds is 11. The lowest BCUT2D eigenvalue weighted by atomic mass is 9.84. The van der Waals surface area contributed by atoms with E-state index in [1.54, 1.807) is 19.2 Å². The lowest BCUT2D eigenvalue weighted by Crippen LogP contribution is -2.51. The van der Waals surface area contributed by atoms with E-state index in [4.69, 9.17) is 16.3 Å². The number of piperazine rings is 1. The van der Waals surface area contributed by atoms with Gasteiger partial charge in [0, 0.05) is 57.8 Å². The molecule has 3 rings (SSSR count). The third-order valence-electron chi connectivity index (χ3n) is 7.05. The molecule has 2 aromatic rings. The maximum absolute atomic E-state index is 13.5. The van der Waals surface area contributed by atoms with E-state index < -0.39 is 0 Å². The van der Waals surface area contributed by atoms with Gasteiger partial charge in [-0.1, -0.05) is 81.8 Å². The summed E-state index contributed by atoms with van der Waals surface area (Å²) in [5, 5.41) is 0.453. The van der Waals surface area contributed by atoms with Crippen molar-refractivity contribution in [3.8, 4) is 5.75 Å². The zero-order valence-corrected chi connectivity index (χ0v) is 24.9. The maximum Gasteiger partial charge on any atom is 0.255 e. The van der Waals surface area contributed by atoms with Gasteiger partial charge >= 0.3 is 0 Å². The van der Waals surface area contributed by atoms with Gasteiger partial charge in [0.05, 0.1) is 17.7 Å². The van der Waals surface area contributed by atoms with Crippen LogP contribution < -0.4 is 4.74 Å². The van der Waals surface area contributed by atoms with E-state index in [2.05, 4.69) is 32.6 Å². The van der Waals surface area contributed by atoms with Crippen LogP contribution in [-0.2, 0) is 4.79 Å². The van der Waals surface area contributed by atoms with Gasteiger partial charge in [-0.15, -0.1) is 0 Å². The molecule has 2 aromatic carbocycles. The Morgan fingerprint density at radius 3 is 2.38 bits per heavy atom. The Morgan fingerprint density at radius 2 is 1.72 bits per heavy atom. The van der Waals surface area contributed by atoms with E-state index in [-0.39, 0.29) is 17.2 Å². The van der Waals surface area contributed by atoms with Crippen molar-refractivity contribution in [2.24, 2.45) is 11.3 Å². The molecule has 0 bridgehead atoms. The van der Waals surface area contributed by atoms with Gasteiger partial charge in [0.15, 0.2) is 0 Å². The number of hydrogen-bond acceptors (Lipinski definition) is 4. The molecular weight excluding hydrogens is 510 g/mol. The summed E-state index contributed by atoms with van der Waals surface area (Å²) in [5.74, 6) is 1.33. The fourth-order valence-electron chi connectivity index (χ4n) is 5.22. The molecule has 0 aromatic heterocycles. The van der Waals surface area contributed by atoms with E-state index in [0.717, 1.165) is 50.5 Å². The Balaban J connectivity index is 1.58. The van der Waals surface area contributed by atoms with Crippen molar-refractivity contribution in [1.82, 2.24) is 14.7 Å². The van der Waals surface area contributed by atoms with Crippen molar-refractivity contribution in [2.75, 3.05) is 52.9 Å². The second-order valence-corrected chi connectivity index (χ2v) is 12.1. The number of ether oxygens (including phenoxy) is 1. The molecule has 1 aliphatic heterocycles. The molecule has 6 nitrogen and oxygen atoms in total. The molecule has 0 saturated carbocycles. The van der Waals surface area contributed by atoms with Crippen LogP contribution in [0.15, 0.2) is 54.6 Å². The third kappa shape index (κ3) is 9.70. The molecule has 1 fully saturated rings. The SMILES string of the molecule is COc1ccccc1/C=C/CN(CCN1CCN(C(=O)CC(C)CC(C)(C)C)CC1)C(=O)c1ccccc1Cl. The lowest BCUT2D eigenvalue weighted by Gasteiger charge is -2.36. The fraction of sp³-hybridized carbons (Fsp3) is 0.500. The molecule has 1 heterocycles. The Bertz CT molecular complexity index is 1120. The van der Waals surface area contributed by atoms with Crippen molar-refractivity contribution in [1.29, 1.82) is 0 Å². The highest BCUT2D eigenvalue weighted by Gasteiger charge is 2.25. The molecule has 0 radical (unpaired) electrons. The Morgan fingerprint density at radius 1 is 1.05 bits per heavy atom. The number of nitrogens with zero attached hydrogens (tertiary/aromatic N) is 3. The second-order valence-electron chi connectivity index (χ2n) is 11.7. The average molecular weight is 554 g/mol. The quantitative estimate of drug-likeness (QED) is 0.337. The zero-order chi connectivity index (χ0) is 28.4. The van der Waals surface area contributed by atoms with Gasteiger partial charge in [0.25, 0.3) is 5.91 Å². The smallest absolute Gasteiger partial charge is 0.255 e. The highest BCUT2D eigenvalue weighted by Crippen LogP contribution is 2.26. The first kappa shape index (κ1) is 30.7. The van der Waals surface area contributed by atoms with E-state index in [0.29, 0.717) is 36.0 Å². The molecule has 0 N–H and O–H groups in total. The van der Waals surface area contributed by atoms with Crippen LogP contribution in [-0.4, -0.2) is 79.4 Å². The minimum atomic E-state index is -0.0908. The van der Waals surface area contributed by atoms with Crippen molar-refractivity contribution >= 4 is 29.5 Å². The highest BCUT2D eigenvalue weighted by molar-refractivity contribution is 6.33. The van der Waals surface area contributed by atoms with Crippen molar-refractivity contribution in [3.63, 3.8) is 0 Å². The number of halogens is 1. The van der Waals surface area contributed by atoms with Crippen LogP contribution in [0.3, 0.4) is 0 Å². The molecule has 39 heavy (non-hydrogen) atoms. The first-order valence-corrected chi connectivity index (χ1v) is 14.3. The fourth-order valence-corrected chi connectivity index (χ4v) is 5.44. The Hall–Kier alpha value is -2.83. The summed E-state index contributed by atoms with van der Waals surface area (Å²) in [5.41, 5.74) is 1.70. The van der Waals surface area contributed by atoms with Crippen LogP contribution in [0.1, 0.15) is 56.5 Å². The predicted octanol–water partition coefficient (Wildman–Crippen LogP) is 6.11. The molecule has 1 aliphatic rings. The number of carbonyl (C=O) groups is 2. The van der Waals surface area contributed by atoms with Crippen LogP contribution in [0.5, 0.6) is 5.75 Å². The first-order chi connectivity index (χ1) is 18.6. The van der Waals surface area contributed by atoms with Gasteiger partial charge in [0.2, 0.25) is 5.91 Å². The molecule has 1 saturated heterocycles. The average Bonchev–Trinajstić information content (AvgIpc) is 2.90. The monoisotopic (exact) mass is 553 g/mol. The summed E-state index contributed by atoms with van der Waals surface area (Å²) in [6, 6.07) is 15.0. The lowest BCUT2D eigenvalue weighted by molar-refractivity contribution is -0.134. The summed E-state index contributed by atoms with van der Waals surface area (Å²) in [6.45, 7) is 13.7. The third-order valence-corrected chi connectivity index (χ3v) is 7.38. The number of carbonyl (C=O) groups excluding carboxylic acids is 2. The second kappa shape index (κ2) is 14.5. The van der Waals surface area contributed by atoms with E-state index in [1.165, 1.54) is 0 Å². The molecule has 212 valence electrons. The van der Waals surface area contributed by atoms with Gasteiger partial charge in [-0.05, 0) is 36.0 Å². The van der Waals surface area contributed by atoms with Crippen molar-refractivity contribution in [3.05, 3.63) is 70.8 Å². The van der Waals surface area contributed by atoms with Crippen molar-refractivity contribution < 1.29 is 14.3 Å². The van der Waals surface area contributed by atoms with Crippen LogP contribution in [0.4, 0.5) is 0 Å². The van der Waals surface area contributed by atoms with Gasteiger partial charge in [-0.25, -0.2) is 0 Å². The molecule has 1 unspecified atom stereocenters. The Labute approximate surface area is 239 Å². The van der Waals surface area contributed by atoms with Crippen LogP contribution in [0.25, 0.3) is 6.08 Å². The number of benzene rings is 2. The molecule has 7 heteroatoms. The van der Waals surface area contributed by atoms with Gasteiger partial charge < -0.3 is 14.5 Å². The van der Waals surface area contributed by atoms with E-state index in [1.807, 2.05) is 58.4 Å². The molecule has 2 amide bonds. The molecular formula is C32H44ClN3O3. The van der Waals surface area contributed by atoms with E-state index in [9.17, 15) is 9.59 Å². The number of hydrogen-bond donors (Lipinski definition) is 0. The minimum absolute atomic E-state index is 0.0908. The van der Waals surface area contributed by atoms with Crippen LogP contribution in [0, 0.1) is 11.3 Å². The number of methoxy groups -OCH3 is 1. The summed E-state index contributed by atoms with van der Waals surface area (Å²) in [7, 11) is 1.65. The summed E-state index contributed by atoms with van der Waals surface area (Å²) in [6.07, 6.45) is 5.62. The molecule has 0 aliphatic carbocycles. The highest BCUT2D eigenvalue weighted by atomic mass is 35.5. The van der Waals surface area contributed by atoms with Crippen LogP contribution >= 0.6 is 11.6 Å². The summed E-state index contributed by atoms with van der Waals surface area (Å²) in [4.78, 5) is 32.5. The zero-order valence-electron chi connectivity index (χ0n) is 24.2. The summed E-state index contributed by atoms with van der Waals surface area (Å²) < 4.78 is 5.45. The van der Waals surface area contributed by atoms with Crippen LogP contribution in [0.2, 0.25) is 5.02 Å². The summed E-state index contributed by atoms with van der Waals surface area (Å²) >= 11 is 6.37. The predicted molar refractivity (Wildman–Crippen MR) is 160 cm³/mol. The molecule has 0 spiro atoms. The Kier molecular flexibility index (Phi) is 11.4. The minimum Gasteiger partial charge on any atom is -0.496 e. The van der Waals surface area contributed by atoms with Gasteiger partial charge in [-0.3, -0.25) is 14.5 Å². The number of amides is 2. The first-order valence-electron chi connectivity index (χ1n) is 13.9. The maximum atomic E-state index is 13.5. The van der Waals surface area contributed by atoms with E-state index >= 15 is 0 Å². The standard InChI is InChI=1S/C32H44ClN3O3/c1-25(24-32(2,3)4)23-30(37)35-20-17-34(18-21-35)19-22-36(31(38)27-13-7-8-14-28(27)33)16-10-12-26-11-6-9-15-29(26)39-5/h6-15,25H,16-24H2,1-5H3/b12-10+. The largest absolute Gasteiger partial charge is 0.496 e.